The van der Waals surface area contributed by atoms with Crippen molar-refractivity contribution in [3.8, 4) is 11.5 Å². The highest BCUT2D eigenvalue weighted by molar-refractivity contribution is 6.30. The summed E-state index contributed by atoms with van der Waals surface area (Å²) in [6.07, 6.45) is 2.98. The Labute approximate surface area is 174 Å². The highest BCUT2D eigenvalue weighted by atomic mass is 35.5. The number of likely N-dealkylation sites (tertiary alicyclic amines) is 1. The molecule has 2 N–H and O–H groups in total. The van der Waals surface area contributed by atoms with Gasteiger partial charge < -0.3 is 15.4 Å². The molecule has 1 amide bonds. The fourth-order valence-electron chi connectivity index (χ4n) is 3.19. The first-order chi connectivity index (χ1) is 13.0. The average Bonchev–Trinajstić information content (AvgIpc) is 2.69. The Kier molecular flexibility index (Phi) is 7.62. The number of carbonyl (C=O) groups is 1. The maximum atomic E-state index is 12.7. The third kappa shape index (κ3) is 4.92. The number of ether oxygens (including phenoxy) is 1. The Morgan fingerprint density at radius 3 is 2.61 bits per heavy atom. The van der Waals surface area contributed by atoms with Gasteiger partial charge >= 0.3 is 5.69 Å². The third-order valence-electron chi connectivity index (χ3n) is 4.61. The van der Waals surface area contributed by atoms with Gasteiger partial charge in [-0.25, -0.2) is 0 Å². The summed E-state index contributed by atoms with van der Waals surface area (Å²) in [5, 5.41) is 11.4. The molecule has 28 heavy (non-hydrogen) atoms. The number of benzene rings is 2. The molecule has 1 aliphatic heterocycles. The van der Waals surface area contributed by atoms with Crippen molar-refractivity contribution in [3.63, 3.8) is 0 Å². The number of piperidine rings is 1. The number of rotatable bonds is 5. The van der Waals surface area contributed by atoms with Gasteiger partial charge in [0.05, 0.1) is 4.92 Å². The van der Waals surface area contributed by atoms with Crippen molar-refractivity contribution in [2.45, 2.75) is 25.3 Å². The Balaban J connectivity index is 0.00000280. The van der Waals surface area contributed by atoms with E-state index in [1.807, 2.05) is 4.90 Å². The summed E-state index contributed by atoms with van der Waals surface area (Å²) >= 11 is 5.81. The molecule has 7 nitrogen and oxygen atoms in total. The Hall–Kier alpha value is -2.35. The van der Waals surface area contributed by atoms with Crippen molar-refractivity contribution < 1.29 is 14.5 Å². The molecule has 1 aliphatic rings. The lowest BCUT2D eigenvalue weighted by Gasteiger charge is -2.35. The highest BCUT2D eigenvalue weighted by Gasteiger charge is 2.26. The van der Waals surface area contributed by atoms with E-state index in [1.165, 1.54) is 18.2 Å². The lowest BCUT2D eigenvalue weighted by atomic mass is 10.0. The first-order valence-corrected chi connectivity index (χ1v) is 9.10. The summed E-state index contributed by atoms with van der Waals surface area (Å²) in [4.78, 5) is 25.2. The predicted octanol–water partition coefficient (Wildman–Crippen LogP) is 4.42. The SMILES string of the molecule is Cl.NCC1CCCCN1C(=O)c1ccc(Oc2ccc(Cl)cc2[N+](=O)[O-])cc1. The van der Waals surface area contributed by atoms with E-state index in [4.69, 9.17) is 22.1 Å². The van der Waals surface area contributed by atoms with E-state index in [0.29, 0.717) is 24.4 Å². The van der Waals surface area contributed by atoms with Crippen LogP contribution in [-0.2, 0) is 0 Å². The quantitative estimate of drug-likeness (QED) is 0.564. The van der Waals surface area contributed by atoms with Gasteiger partial charge in [-0.15, -0.1) is 12.4 Å². The second kappa shape index (κ2) is 9.73. The smallest absolute Gasteiger partial charge is 0.313 e. The molecule has 0 aromatic heterocycles. The molecule has 1 fully saturated rings. The highest BCUT2D eigenvalue weighted by Crippen LogP contribution is 2.33. The number of nitrogens with zero attached hydrogens (tertiary/aromatic N) is 2. The molecule has 3 rings (SSSR count). The number of halogens is 2. The summed E-state index contributed by atoms with van der Waals surface area (Å²) in [5.41, 5.74) is 6.11. The largest absolute Gasteiger partial charge is 0.450 e. The first kappa shape index (κ1) is 21.9. The number of hydrogen-bond donors (Lipinski definition) is 1. The Morgan fingerprint density at radius 2 is 1.96 bits per heavy atom. The molecule has 1 unspecified atom stereocenters. The number of hydrogen-bond acceptors (Lipinski definition) is 5. The zero-order valence-electron chi connectivity index (χ0n) is 15.0. The number of nitro benzene ring substituents is 1. The number of nitrogens with two attached hydrogens (primary N) is 1. The van der Waals surface area contributed by atoms with Crippen LogP contribution in [0.1, 0.15) is 29.6 Å². The van der Waals surface area contributed by atoms with Crippen LogP contribution in [0.15, 0.2) is 42.5 Å². The van der Waals surface area contributed by atoms with Crippen molar-refractivity contribution in [2.24, 2.45) is 5.73 Å². The first-order valence-electron chi connectivity index (χ1n) is 8.72. The normalized spacial score (nSPS) is 16.2. The summed E-state index contributed by atoms with van der Waals surface area (Å²) in [7, 11) is 0. The molecular formula is C19H21Cl2N3O4. The minimum atomic E-state index is -0.553. The Bertz CT molecular complexity index is 846. The fraction of sp³-hybridized carbons (Fsp3) is 0.316. The lowest BCUT2D eigenvalue weighted by Crippen LogP contribution is -2.47. The van der Waals surface area contributed by atoms with Gasteiger partial charge in [0.1, 0.15) is 5.75 Å². The van der Waals surface area contributed by atoms with Crippen molar-refractivity contribution in [1.82, 2.24) is 4.90 Å². The molecular weight excluding hydrogens is 405 g/mol. The zero-order chi connectivity index (χ0) is 19.4. The van der Waals surface area contributed by atoms with E-state index in [0.717, 1.165) is 19.3 Å². The van der Waals surface area contributed by atoms with Crippen molar-refractivity contribution in [1.29, 1.82) is 0 Å². The van der Waals surface area contributed by atoms with Crippen LogP contribution in [0.3, 0.4) is 0 Å². The minimum Gasteiger partial charge on any atom is -0.450 e. The number of amides is 1. The maximum Gasteiger partial charge on any atom is 0.313 e. The molecule has 0 radical (unpaired) electrons. The van der Waals surface area contributed by atoms with E-state index in [1.54, 1.807) is 24.3 Å². The fourth-order valence-corrected chi connectivity index (χ4v) is 3.36. The lowest BCUT2D eigenvalue weighted by molar-refractivity contribution is -0.385. The van der Waals surface area contributed by atoms with Crippen LogP contribution in [0, 0.1) is 10.1 Å². The van der Waals surface area contributed by atoms with Crippen molar-refractivity contribution in [2.75, 3.05) is 13.1 Å². The Morgan fingerprint density at radius 1 is 1.25 bits per heavy atom. The molecule has 9 heteroatoms. The molecule has 1 saturated heterocycles. The monoisotopic (exact) mass is 425 g/mol. The van der Waals surface area contributed by atoms with Crippen LogP contribution in [0.4, 0.5) is 5.69 Å². The van der Waals surface area contributed by atoms with Gasteiger partial charge in [-0.2, -0.15) is 0 Å². The molecule has 2 aromatic rings. The third-order valence-corrected chi connectivity index (χ3v) is 4.84. The van der Waals surface area contributed by atoms with Crippen LogP contribution in [0.2, 0.25) is 5.02 Å². The average molecular weight is 426 g/mol. The van der Waals surface area contributed by atoms with Crippen LogP contribution in [-0.4, -0.2) is 34.9 Å². The van der Waals surface area contributed by atoms with E-state index in [-0.39, 0.29) is 40.8 Å². The molecule has 1 atom stereocenters. The molecule has 0 spiro atoms. The van der Waals surface area contributed by atoms with Gasteiger partial charge in [0, 0.05) is 35.8 Å². The van der Waals surface area contributed by atoms with E-state index in [2.05, 4.69) is 0 Å². The van der Waals surface area contributed by atoms with E-state index >= 15 is 0 Å². The number of nitro groups is 1. The molecule has 0 aliphatic carbocycles. The van der Waals surface area contributed by atoms with Gasteiger partial charge in [-0.3, -0.25) is 14.9 Å². The van der Waals surface area contributed by atoms with E-state index < -0.39 is 4.92 Å². The van der Waals surface area contributed by atoms with Crippen molar-refractivity contribution >= 4 is 35.6 Å². The van der Waals surface area contributed by atoms with Gasteiger partial charge in [0.15, 0.2) is 0 Å². The molecule has 0 bridgehead atoms. The predicted molar refractivity (Wildman–Crippen MR) is 110 cm³/mol. The zero-order valence-corrected chi connectivity index (χ0v) is 16.6. The summed E-state index contributed by atoms with van der Waals surface area (Å²) in [6.45, 7) is 1.16. The van der Waals surface area contributed by atoms with E-state index in [9.17, 15) is 14.9 Å². The standard InChI is InChI=1S/C19H20ClN3O4.ClH/c20-14-6-9-18(17(11-14)23(25)26)27-16-7-4-13(5-8-16)19(24)22-10-2-1-3-15(22)12-21;/h4-9,11,15H,1-3,10,12,21H2;1H. The number of carbonyl (C=O) groups excluding carboxylic acids is 1. The van der Waals surface area contributed by atoms with Gasteiger partial charge in [-0.05, 0) is 55.7 Å². The summed E-state index contributed by atoms with van der Waals surface area (Å²) in [5.74, 6) is 0.419. The van der Waals surface area contributed by atoms with Crippen LogP contribution in [0.5, 0.6) is 11.5 Å². The van der Waals surface area contributed by atoms with Gasteiger partial charge in [0.25, 0.3) is 5.91 Å². The molecule has 1 heterocycles. The van der Waals surface area contributed by atoms with Crippen molar-refractivity contribution in [3.05, 3.63) is 63.2 Å². The second-order valence-electron chi connectivity index (χ2n) is 6.38. The second-order valence-corrected chi connectivity index (χ2v) is 6.82. The topological polar surface area (TPSA) is 98.7 Å². The van der Waals surface area contributed by atoms with Gasteiger partial charge in [-0.1, -0.05) is 11.6 Å². The van der Waals surface area contributed by atoms with Crippen LogP contribution in [0.25, 0.3) is 0 Å². The van der Waals surface area contributed by atoms with Crippen LogP contribution < -0.4 is 10.5 Å². The minimum absolute atomic E-state index is 0. The molecule has 0 saturated carbocycles. The molecule has 150 valence electrons. The summed E-state index contributed by atoms with van der Waals surface area (Å²) < 4.78 is 5.60. The summed E-state index contributed by atoms with van der Waals surface area (Å²) in [6, 6.07) is 10.8. The van der Waals surface area contributed by atoms with Crippen LogP contribution >= 0.6 is 24.0 Å². The van der Waals surface area contributed by atoms with Gasteiger partial charge in [0.2, 0.25) is 5.75 Å². The molecule has 2 aromatic carbocycles. The maximum absolute atomic E-state index is 12.7.